The van der Waals surface area contributed by atoms with E-state index < -0.39 is 5.60 Å². The molecule has 4 atom stereocenters. The summed E-state index contributed by atoms with van der Waals surface area (Å²) < 4.78 is 2.02. The van der Waals surface area contributed by atoms with Crippen molar-refractivity contribution >= 4 is 0 Å². The van der Waals surface area contributed by atoms with Gasteiger partial charge in [0.2, 0.25) is 0 Å². The van der Waals surface area contributed by atoms with Gasteiger partial charge >= 0.3 is 0 Å². The van der Waals surface area contributed by atoms with Crippen molar-refractivity contribution in [3.63, 3.8) is 0 Å². The molecule has 0 aliphatic heterocycles. The predicted octanol–water partition coefficient (Wildman–Crippen LogP) is 5.30. The highest BCUT2D eigenvalue weighted by Gasteiger charge is 2.64. The van der Waals surface area contributed by atoms with Crippen LogP contribution in [0.1, 0.15) is 59.8 Å². The van der Waals surface area contributed by atoms with Crippen LogP contribution in [0.2, 0.25) is 0 Å². The van der Waals surface area contributed by atoms with E-state index in [1.165, 1.54) is 22.3 Å². The van der Waals surface area contributed by atoms with Crippen molar-refractivity contribution < 1.29 is 5.11 Å². The summed E-state index contributed by atoms with van der Waals surface area (Å²) in [6.07, 6.45) is 5.67. The van der Waals surface area contributed by atoms with Crippen molar-refractivity contribution in [1.29, 1.82) is 0 Å². The van der Waals surface area contributed by atoms with Crippen molar-refractivity contribution in [3.05, 3.63) is 83.1 Å². The topological polar surface area (TPSA) is 50.9 Å². The number of fused-ring (bicyclic) bond motifs is 3. The Balaban J connectivity index is 1.41. The summed E-state index contributed by atoms with van der Waals surface area (Å²) in [6, 6.07) is 15.2. The molecule has 3 aromatic rings. The monoisotopic (exact) mass is 411 g/mol. The minimum Gasteiger partial charge on any atom is -0.386 e. The van der Waals surface area contributed by atoms with Gasteiger partial charge in [0.1, 0.15) is 5.69 Å². The summed E-state index contributed by atoms with van der Waals surface area (Å²) in [5.41, 5.74) is 7.93. The van der Waals surface area contributed by atoms with Crippen molar-refractivity contribution in [2.75, 3.05) is 0 Å². The maximum absolute atomic E-state index is 11.3. The molecule has 1 aromatic heterocycles. The van der Waals surface area contributed by atoms with Crippen LogP contribution >= 0.6 is 0 Å². The number of aliphatic hydroxyl groups is 1. The van der Waals surface area contributed by atoms with E-state index >= 15 is 0 Å². The van der Waals surface area contributed by atoms with Crippen LogP contribution in [0.3, 0.4) is 0 Å². The molecule has 3 aliphatic carbocycles. The Morgan fingerprint density at radius 1 is 1.16 bits per heavy atom. The van der Waals surface area contributed by atoms with E-state index in [1.807, 2.05) is 4.68 Å². The molecular formula is C27H29N3O. The minimum absolute atomic E-state index is 0.0362. The smallest absolute Gasteiger partial charge is 0.113 e. The predicted molar refractivity (Wildman–Crippen MR) is 122 cm³/mol. The van der Waals surface area contributed by atoms with Gasteiger partial charge in [-0.15, -0.1) is 5.10 Å². The molecule has 6 rings (SSSR count). The van der Waals surface area contributed by atoms with E-state index in [4.69, 9.17) is 0 Å². The highest BCUT2D eigenvalue weighted by Crippen LogP contribution is 2.71. The first-order valence-corrected chi connectivity index (χ1v) is 11.4. The first kappa shape index (κ1) is 19.0. The van der Waals surface area contributed by atoms with Gasteiger partial charge in [-0.05, 0) is 73.1 Å². The van der Waals surface area contributed by atoms with Crippen LogP contribution in [0.5, 0.6) is 0 Å². The Morgan fingerprint density at radius 3 is 2.77 bits per heavy atom. The number of hydrogen-bond donors (Lipinski definition) is 1. The van der Waals surface area contributed by atoms with Crippen LogP contribution in [0.4, 0.5) is 0 Å². The van der Waals surface area contributed by atoms with Gasteiger partial charge in [-0.2, -0.15) is 0 Å². The van der Waals surface area contributed by atoms with Gasteiger partial charge in [0.05, 0.1) is 18.3 Å². The average molecular weight is 412 g/mol. The largest absolute Gasteiger partial charge is 0.386 e. The second kappa shape index (κ2) is 6.39. The molecule has 31 heavy (non-hydrogen) atoms. The molecule has 4 heteroatoms. The number of nitrogens with zero attached hydrogens (tertiary/aromatic N) is 3. The second-order valence-corrected chi connectivity index (χ2v) is 10.1. The number of rotatable bonds is 3. The third-order valence-corrected chi connectivity index (χ3v) is 8.39. The van der Waals surface area contributed by atoms with E-state index in [2.05, 4.69) is 79.4 Å². The van der Waals surface area contributed by atoms with Gasteiger partial charge in [0.15, 0.2) is 0 Å². The number of benzene rings is 2. The molecule has 2 fully saturated rings. The van der Waals surface area contributed by atoms with Gasteiger partial charge in [0.25, 0.3) is 0 Å². The molecule has 1 spiro atoms. The lowest BCUT2D eigenvalue weighted by Crippen LogP contribution is -2.39. The zero-order valence-corrected chi connectivity index (χ0v) is 18.3. The molecule has 2 bridgehead atoms. The van der Waals surface area contributed by atoms with E-state index in [1.54, 1.807) is 0 Å². The maximum atomic E-state index is 11.3. The molecule has 0 amide bonds. The third-order valence-electron chi connectivity index (χ3n) is 8.39. The quantitative estimate of drug-likeness (QED) is 0.595. The van der Waals surface area contributed by atoms with E-state index in [0.717, 1.165) is 49.1 Å². The molecule has 1 heterocycles. The Kier molecular flexibility index (Phi) is 3.92. The summed E-state index contributed by atoms with van der Waals surface area (Å²) in [5.74, 6) is 0.805. The molecule has 158 valence electrons. The Hall–Kier alpha value is -2.72. The average Bonchev–Trinajstić information content (AvgIpc) is 3.36. The molecule has 0 saturated heterocycles. The normalized spacial score (nSPS) is 31.0. The standard InChI is InChI=1S/C27H29N3O/c1-17-7-9-20(10-8-17)24-15-30(29-28-24)14-23-25-18(2)5-4-6-21(25)22-11-12-27(31)16-26(22,23)13-19(27)3/h4-10,15,22-23,31H,3,11-14,16H2,1-2H3/t22-,23+,26+,27+/m1/s1. The van der Waals surface area contributed by atoms with Crippen LogP contribution in [-0.4, -0.2) is 25.7 Å². The fraction of sp³-hybridized carbons (Fsp3) is 0.407. The molecule has 2 aromatic carbocycles. The highest BCUT2D eigenvalue weighted by atomic mass is 16.3. The van der Waals surface area contributed by atoms with Gasteiger partial charge in [-0.3, -0.25) is 4.68 Å². The van der Waals surface area contributed by atoms with Gasteiger partial charge < -0.3 is 5.11 Å². The van der Waals surface area contributed by atoms with Crippen LogP contribution in [0.15, 0.2) is 60.8 Å². The summed E-state index contributed by atoms with van der Waals surface area (Å²) in [5, 5.41) is 20.3. The Morgan fingerprint density at radius 2 is 1.97 bits per heavy atom. The zero-order chi connectivity index (χ0) is 21.4. The van der Waals surface area contributed by atoms with Crippen molar-refractivity contribution in [3.8, 4) is 11.3 Å². The van der Waals surface area contributed by atoms with Crippen LogP contribution in [0.25, 0.3) is 11.3 Å². The first-order chi connectivity index (χ1) is 14.9. The van der Waals surface area contributed by atoms with Crippen molar-refractivity contribution in [2.24, 2.45) is 5.41 Å². The number of hydrogen-bond acceptors (Lipinski definition) is 3. The molecule has 4 nitrogen and oxygen atoms in total. The van der Waals surface area contributed by atoms with Gasteiger partial charge in [-0.1, -0.05) is 59.8 Å². The number of aromatic nitrogens is 3. The Labute approximate surface area is 183 Å². The summed E-state index contributed by atoms with van der Waals surface area (Å²) >= 11 is 0. The highest BCUT2D eigenvalue weighted by molar-refractivity contribution is 5.58. The number of aryl methyl sites for hydroxylation is 2. The van der Waals surface area contributed by atoms with E-state index in [-0.39, 0.29) is 5.41 Å². The van der Waals surface area contributed by atoms with E-state index in [0.29, 0.717) is 11.8 Å². The fourth-order valence-electron chi connectivity index (χ4n) is 6.91. The fourth-order valence-corrected chi connectivity index (χ4v) is 6.91. The molecular weight excluding hydrogens is 382 g/mol. The lowest BCUT2D eigenvalue weighted by Gasteiger charge is -2.42. The first-order valence-electron chi connectivity index (χ1n) is 11.4. The van der Waals surface area contributed by atoms with Crippen LogP contribution in [-0.2, 0) is 6.54 Å². The summed E-state index contributed by atoms with van der Waals surface area (Å²) in [6.45, 7) is 9.43. The van der Waals surface area contributed by atoms with Gasteiger partial charge in [0, 0.05) is 11.5 Å². The van der Waals surface area contributed by atoms with Crippen LogP contribution in [0, 0.1) is 19.3 Å². The maximum Gasteiger partial charge on any atom is 0.113 e. The van der Waals surface area contributed by atoms with Gasteiger partial charge in [-0.25, -0.2) is 0 Å². The summed E-state index contributed by atoms with van der Waals surface area (Å²) in [7, 11) is 0. The zero-order valence-electron chi connectivity index (χ0n) is 18.3. The molecule has 3 aliphatic rings. The molecule has 0 unspecified atom stereocenters. The van der Waals surface area contributed by atoms with Crippen molar-refractivity contribution in [2.45, 2.75) is 63.5 Å². The van der Waals surface area contributed by atoms with E-state index in [9.17, 15) is 5.11 Å². The van der Waals surface area contributed by atoms with Crippen LogP contribution < -0.4 is 0 Å². The summed E-state index contributed by atoms with van der Waals surface area (Å²) in [4.78, 5) is 0. The molecule has 1 N–H and O–H groups in total. The minimum atomic E-state index is -0.694. The third kappa shape index (κ3) is 2.64. The Bertz CT molecular complexity index is 1190. The SMILES string of the molecule is C=C1C[C@]23C[C@@]1(O)CC[C@@H]2c1cccc(C)c1[C@@H]3Cn1cc(-c2ccc(C)cc2)nn1. The molecule has 0 radical (unpaired) electrons. The van der Waals surface area contributed by atoms with Crippen molar-refractivity contribution in [1.82, 2.24) is 15.0 Å². The molecule has 2 saturated carbocycles. The lowest BCUT2D eigenvalue weighted by molar-refractivity contribution is 0.00371. The second-order valence-electron chi connectivity index (χ2n) is 10.1. The lowest BCUT2D eigenvalue weighted by atomic mass is 9.63.